The minimum absolute atomic E-state index is 0.258. The smallest absolute Gasteiger partial charge is 0.127 e. The Bertz CT molecular complexity index is 613. The third kappa shape index (κ3) is 2.97. The van der Waals surface area contributed by atoms with E-state index in [4.69, 9.17) is 15.2 Å². The number of hydrogen-bond acceptors (Lipinski definition) is 3. The van der Waals surface area contributed by atoms with Gasteiger partial charge in [0, 0.05) is 16.1 Å². The molecular formula is C16H18BrNO2. The van der Waals surface area contributed by atoms with Crippen molar-refractivity contribution in [2.75, 3.05) is 14.2 Å². The molecular weight excluding hydrogens is 318 g/mol. The van der Waals surface area contributed by atoms with Gasteiger partial charge in [-0.25, -0.2) is 0 Å². The first kappa shape index (κ1) is 14.9. The number of hydrogen-bond donors (Lipinski definition) is 1. The van der Waals surface area contributed by atoms with Crippen molar-refractivity contribution in [2.24, 2.45) is 5.73 Å². The Kier molecular flexibility index (Phi) is 4.68. The van der Waals surface area contributed by atoms with Gasteiger partial charge in [-0.05, 0) is 36.2 Å². The summed E-state index contributed by atoms with van der Waals surface area (Å²) in [7, 11) is 3.26. The van der Waals surface area contributed by atoms with E-state index in [1.165, 1.54) is 5.56 Å². The van der Waals surface area contributed by atoms with Crippen LogP contribution in [0.1, 0.15) is 22.7 Å². The van der Waals surface area contributed by atoms with Crippen molar-refractivity contribution in [1.29, 1.82) is 0 Å². The van der Waals surface area contributed by atoms with E-state index in [0.717, 1.165) is 27.1 Å². The molecule has 1 unspecified atom stereocenters. The van der Waals surface area contributed by atoms with Gasteiger partial charge < -0.3 is 15.2 Å². The fraction of sp³-hybridized carbons (Fsp3) is 0.250. The van der Waals surface area contributed by atoms with Crippen LogP contribution in [0.5, 0.6) is 11.5 Å². The van der Waals surface area contributed by atoms with Gasteiger partial charge in [-0.2, -0.15) is 0 Å². The molecule has 0 fully saturated rings. The molecule has 0 radical (unpaired) electrons. The Balaban J connectivity index is 2.44. The molecule has 3 nitrogen and oxygen atoms in total. The summed E-state index contributed by atoms with van der Waals surface area (Å²) in [5.74, 6) is 1.48. The van der Waals surface area contributed by atoms with E-state index in [1.807, 2.05) is 31.2 Å². The number of nitrogens with two attached hydrogens (primary N) is 1. The summed E-state index contributed by atoms with van der Waals surface area (Å²) in [6.07, 6.45) is 0. The molecule has 0 heterocycles. The Morgan fingerprint density at radius 3 is 2.30 bits per heavy atom. The van der Waals surface area contributed by atoms with Crippen molar-refractivity contribution in [2.45, 2.75) is 13.0 Å². The molecule has 20 heavy (non-hydrogen) atoms. The number of halogens is 1. The van der Waals surface area contributed by atoms with Crippen molar-refractivity contribution in [3.05, 3.63) is 57.6 Å². The van der Waals surface area contributed by atoms with E-state index in [0.29, 0.717) is 0 Å². The van der Waals surface area contributed by atoms with Gasteiger partial charge in [-0.3, -0.25) is 0 Å². The van der Waals surface area contributed by atoms with E-state index >= 15 is 0 Å². The second-order valence-electron chi connectivity index (χ2n) is 4.61. The summed E-state index contributed by atoms with van der Waals surface area (Å²) >= 11 is 3.57. The number of benzene rings is 2. The lowest BCUT2D eigenvalue weighted by atomic mass is 9.97. The highest BCUT2D eigenvalue weighted by atomic mass is 79.9. The maximum Gasteiger partial charge on any atom is 0.127 e. The van der Waals surface area contributed by atoms with Crippen LogP contribution in [0, 0.1) is 6.92 Å². The lowest BCUT2D eigenvalue weighted by Gasteiger charge is -2.18. The Morgan fingerprint density at radius 2 is 1.70 bits per heavy atom. The molecule has 0 saturated carbocycles. The highest BCUT2D eigenvalue weighted by Gasteiger charge is 2.17. The van der Waals surface area contributed by atoms with Gasteiger partial charge in [-0.15, -0.1) is 0 Å². The molecule has 4 heteroatoms. The molecule has 0 amide bonds. The summed E-state index contributed by atoms with van der Waals surface area (Å²) in [5, 5.41) is 0. The molecule has 0 aliphatic carbocycles. The predicted molar refractivity (Wildman–Crippen MR) is 84.5 cm³/mol. The lowest BCUT2D eigenvalue weighted by Crippen LogP contribution is -2.14. The monoisotopic (exact) mass is 335 g/mol. The number of ether oxygens (including phenoxy) is 2. The Labute approximate surface area is 127 Å². The third-order valence-corrected chi connectivity index (χ3v) is 3.95. The van der Waals surface area contributed by atoms with Crippen LogP contribution >= 0.6 is 15.9 Å². The van der Waals surface area contributed by atoms with Gasteiger partial charge in [0.25, 0.3) is 0 Å². The standard InChI is InChI=1S/C16H18BrNO2/c1-10-4-6-12(14(17)8-10)16(18)13-7-5-11(19-2)9-15(13)20-3/h4-9,16H,18H2,1-3H3. The van der Waals surface area contributed by atoms with Crippen LogP contribution in [-0.2, 0) is 0 Å². The van der Waals surface area contributed by atoms with E-state index < -0.39 is 0 Å². The van der Waals surface area contributed by atoms with Gasteiger partial charge in [0.15, 0.2) is 0 Å². The molecule has 0 aromatic heterocycles. The van der Waals surface area contributed by atoms with Gasteiger partial charge in [0.1, 0.15) is 11.5 Å². The molecule has 2 aromatic carbocycles. The van der Waals surface area contributed by atoms with E-state index in [9.17, 15) is 0 Å². The Morgan fingerprint density at radius 1 is 1.00 bits per heavy atom. The average molecular weight is 336 g/mol. The second kappa shape index (κ2) is 6.29. The highest BCUT2D eigenvalue weighted by molar-refractivity contribution is 9.10. The van der Waals surface area contributed by atoms with Gasteiger partial charge in [0.05, 0.1) is 20.3 Å². The fourth-order valence-electron chi connectivity index (χ4n) is 2.13. The van der Waals surface area contributed by atoms with Crippen LogP contribution in [0.4, 0.5) is 0 Å². The highest BCUT2D eigenvalue weighted by Crippen LogP contribution is 2.34. The van der Waals surface area contributed by atoms with Crippen LogP contribution < -0.4 is 15.2 Å². The molecule has 0 saturated heterocycles. The quantitative estimate of drug-likeness (QED) is 0.923. The average Bonchev–Trinajstić information content (AvgIpc) is 2.46. The van der Waals surface area contributed by atoms with E-state index in [2.05, 4.69) is 28.1 Å². The molecule has 0 aliphatic heterocycles. The molecule has 0 bridgehead atoms. The maximum absolute atomic E-state index is 6.38. The van der Waals surface area contributed by atoms with E-state index in [1.54, 1.807) is 14.2 Å². The first-order chi connectivity index (χ1) is 9.56. The van der Waals surface area contributed by atoms with Crippen molar-refractivity contribution >= 4 is 15.9 Å². The number of rotatable bonds is 4. The van der Waals surface area contributed by atoms with Crippen LogP contribution in [0.15, 0.2) is 40.9 Å². The van der Waals surface area contributed by atoms with Gasteiger partial charge in [0.2, 0.25) is 0 Å². The molecule has 0 spiro atoms. The molecule has 2 rings (SSSR count). The topological polar surface area (TPSA) is 44.5 Å². The molecule has 2 N–H and O–H groups in total. The fourth-order valence-corrected chi connectivity index (χ4v) is 2.87. The summed E-state index contributed by atoms with van der Waals surface area (Å²) in [4.78, 5) is 0. The maximum atomic E-state index is 6.38. The van der Waals surface area contributed by atoms with Crippen LogP contribution in [0.2, 0.25) is 0 Å². The first-order valence-corrected chi connectivity index (χ1v) is 7.09. The predicted octanol–water partition coefficient (Wildman–Crippen LogP) is 3.82. The summed E-state index contributed by atoms with van der Waals surface area (Å²) in [5.41, 5.74) is 9.53. The van der Waals surface area contributed by atoms with Crippen molar-refractivity contribution < 1.29 is 9.47 Å². The summed E-state index contributed by atoms with van der Waals surface area (Å²) in [6.45, 7) is 2.05. The number of methoxy groups -OCH3 is 2. The minimum Gasteiger partial charge on any atom is -0.497 e. The Hall–Kier alpha value is -1.52. The zero-order chi connectivity index (χ0) is 14.7. The molecule has 2 aromatic rings. The van der Waals surface area contributed by atoms with Crippen LogP contribution in [0.3, 0.4) is 0 Å². The van der Waals surface area contributed by atoms with Crippen molar-refractivity contribution in [1.82, 2.24) is 0 Å². The minimum atomic E-state index is -0.258. The zero-order valence-corrected chi connectivity index (χ0v) is 13.4. The third-order valence-electron chi connectivity index (χ3n) is 3.27. The largest absolute Gasteiger partial charge is 0.497 e. The molecule has 0 aliphatic rings. The van der Waals surface area contributed by atoms with Gasteiger partial charge in [-0.1, -0.05) is 28.1 Å². The second-order valence-corrected chi connectivity index (χ2v) is 5.46. The molecule has 106 valence electrons. The first-order valence-electron chi connectivity index (χ1n) is 6.30. The SMILES string of the molecule is COc1ccc(C(N)c2ccc(C)cc2Br)c(OC)c1. The van der Waals surface area contributed by atoms with Crippen LogP contribution in [0.25, 0.3) is 0 Å². The summed E-state index contributed by atoms with van der Waals surface area (Å²) < 4.78 is 11.6. The van der Waals surface area contributed by atoms with Gasteiger partial charge >= 0.3 is 0 Å². The number of aryl methyl sites for hydroxylation is 1. The molecule has 1 atom stereocenters. The van der Waals surface area contributed by atoms with Crippen LogP contribution in [-0.4, -0.2) is 14.2 Å². The zero-order valence-electron chi connectivity index (χ0n) is 11.8. The van der Waals surface area contributed by atoms with Crippen molar-refractivity contribution in [3.8, 4) is 11.5 Å². The normalized spacial score (nSPS) is 12.1. The van der Waals surface area contributed by atoms with E-state index in [-0.39, 0.29) is 6.04 Å². The van der Waals surface area contributed by atoms with Crippen molar-refractivity contribution in [3.63, 3.8) is 0 Å². The summed E-state index contributed by atoms with van der Waals surface area (Å²) in [6, 6.07) is 11.6. The lowest BCUT2D eigenvalue weighted by molar-refractivity contribution is 0.390.